The Hall–Kier alpha value is -0.690. The van der Waals surface area contributed by atoms with Gasteiger partial charge in [-0.2, -0.15) is 0 Å². The van der Waals surface area contributed by atoms with Crippen LogP contribution in [0.4, 0.5) is 5.69 Å². The zero-order valence-corrected chi connectivity index (χ0v) is 11.4. The summed E-state index contributed by atoms with van der Waals surface area (Å²) in [4.78, 5) is 0. The van der Waals surface area contributed by atoms with E-state index in [1.165, 1.54) is 24.1 Å². The number of rotatable bonds is 5. The lowest BCUT2D eigenvalue weighted by Crippen LogP contribution is -2.16. The zero-order chi connectivity index (χ0) is 12.1. The summed E-state index contributed by atoms with van der Waals surface area (Å²) in [5.41, 5.74) is 2.41. The Morgan fingerprint density at radius 1 is 1.19 bits per heavy atom. The fraction of sp³-hybridized carbons (Fsp3) is 0.571. The Kier molecular flexibility index (Phi) is 5.14. The van der Waals surface area contributed by atoms with Crippen molar-refractivity contribution < 1.29 is 0 Å². The van der Waals surface area contributed by atoms with Crippen LogP contribution in [0.3, 0.4) is 0 Å². The fourth-order valence-electron chi connectivity index (χ4n) is 1.71. The largest absolute Gasteiger partial charge is 0.382 e. The van der Waals surface area contributed by atoms with E-state index in [4.69, 9.17) is 11.6 Å². The second-order valence-corrected chi connectivity index (χ2v) is 5.41. The molecule has 16 heavy (non-hydrogen) atoms. The van der Waals surface area contributed by atoms with E-state index in [0.29, 0.717) is 6.04 Å². The van der Waals surface area contributed by atoms with E-state index in [9.17, 15) is 0 Å². The van der Waals surface area contributed by atoms with Crippen LogP contribution in [0.1, 0.15) is 39.2 Å². The van der Waals surface area contributed by atoms with Crippen molar-refractivity contribution in [1.82, 2.24) is 0 Å². The molecule has 0 heterocycles. The van der Waals surface area contributed by atoms with Gasteiger partial charge in [0.15, 0.2) is 0 Å². The number of aryl methyl sites for hydroxylation is 1. The van der Waals surface area contributed by atoms with E-state index >= 15 is 0 Å². The van der Waals surface area contributed by atoms with Crippen LogP contribution in [0.2, 0.25) is 5.02 Å². The van der Waals surface area contributed by atoms with Gasteiger partial charge in [0.05, 0.1) is 0 Å². The lowest BCUT2D eigenvalue weighted by molar-refractivity contribution is 0.527. The molecular formula is C14H22ClN. The maximum atomic E-state index is 5.93. The van der Waals surface area contributed by atoms with Crippen LogP contribution in [0.15, 0.2) is 18.2 Å². The molecule has 0 amide bonds. The van der Waals surface area contributed by atoms with Crippen LogP contribution >= 0.6 is 11.6 Å². The molecule has 0 fully saturated rings. The molecule has 0 aromatic heterocycles. The van der Waals surface area contributed by atoms with E-state index < -0.39 is 0 Å². The zero-order valence-electron chi connectivity index (χ0n) is 10.7. The lowest BCUT2D eigenvalue weighted by Gasteiger charge is -2.18. The van der Waals surface area contributed by atoms with E-state index in [0.717, 1.165) is 10.9 Å². The third-order valence-electron chi connectivity index (χ3n) is 2.77. The molecule has 0 aliphatic heterocycles. The highest BCUT2D eigenvalue weighted by Gasteiger charge is 2.05. The number of halogens is 1. The van der Waals surface area contributed by atoms with Crippen molar-refractivity contribution in [2.24, 2.45) is 5.92 Å². The monoisotopic (exact) mass is 239 g/mol. The molecular weight excluding hydrogens is 218 g/mol. The maximum absolute atomic E-state index is 5.93. The van der Waals surface area contributed by atoms with Crippen molar-refractivity contribution in [2.45, 2.75) is 46.6 Å². The summed E-state index contributed by atoms with van der Waals surface area (Å²) >= 11 is 5.93. The molecule has 0 spiro atoms. The second-order valence-electron chi connectivity index (χ2n) is 4.98. The van der Waals surface area contributed by atoms with E-state index in [1.807, 2.05) is 12.1 Å². The first-order valence-electron chi connectivity index (χ1n) is 6.01. The van der Waals surface area contributed by atoms with Gasteiger partial charge in [0.1, 0.15) is 0 Å². The van der Waals surface area contributed by atoms with Crippen molar-refractivity contribution in [1.29, 1.82) is 0 Å². The van der Waals surface area contributed by atoms with Gasteiger partial charge >= 0.3 is 0 Å². The van der Waals surface area contributed by atoms with Crippen molar-refractivity contribution in [3.05, 3.63) is 28.8 Å². The standard InChI is InChI=1S/C14H22ClN/c1-10(2)5-6-12(4)16-14-8-7-13(15)9-11(14)3/h7-10,12,16H,5-6H2,1-4H3. The number of hydrogen-bond donors (Lipinski definition) is 1. The molecule has 0 aliphatic carbocycles. The van der Waals surface area contributed by atoms with E-state index in [1.54, 1.807) is 0 Å². The lowest BCUT2D eigenvalue weighted by atomic mass is 10.0. The average molecular weight is 240 g/mol. The molecule has 0 saturated heterocycles. The summed E-state index contributed by atoms with van der Waals surface area (Å²) in [5, 5.41) is 4.34. The summed E-state index contributed by atoms with van der Waals surface area (Å²) in [7, 11) is 0. The quantitative estimate of drug-likeness (QED) is 0.772. The molecule has 1 unspecified atom stereocenters. The van der Waals surface area contributed by atoms with Crippen LogP contribution in [-0.2, 0) is 0 Å². The predicted octanol–water partition coefficient (Wildman–Crippen LogP) is 4.89. The molecule has 2 heteroatoms. The van der Waals surface area contributed by atoms with Crippen molar-refractivity contribution >= 4 is 17.3 Å². The first kappa shape index (κ1) is 13.4. The van der Waals surface area contributed by atoms with Crippen LogP contribution < -0.4 is 5.32 Å². The Morgan fingerprint density at radius 2 is 1.88 bits per heavy atom. The first-order valence-corrected chi connectivity index (χ1v) is 6.39. The normalized spacial score (nSPS) is 12.9. The summed E-state index contributed by atoms with van der Waals surface area (Å²) in [6.45, 7) is 8.85. The highest BCUT2D eigenvalue weighted by atomic mass is 35.5. The Balaban J connectivity index is 2.52. The van der Waals surface area contributed by atoms with Crippen LogP contribution in [0.5, 0.6) is 0 Å². The topological polar surface area (TPSA) is 12.0 Å². The van der Waals surface area contributed by atoms with Crippen molar-refractivity contribution in [2.75, 3.05) is 5.32 Å². The molecule has 90 valence electrons. The van der Waals surface area contributed by atoms with E-state index in [-0.39, 0.29) is 0 Å². The fourth-order valence-corrected chi connectivity index (χ4v) is 1.94. The van der Waals surface area contributed by atoms with Crippen LogP contribution in [0.25, 0.3) is 0 Å². The minimum atomic E-state index is 0.516. The molecule has 0 saturated carbocycles. The highest BCUT2D eigenvalue weighted by molar-refractivity contribution is 6.30. The number of hydrogen-bond acceptors (Lipinski definition) is 1. The van der Waals surface area contributed by atoms with Gasteiger partial charge in [-0.15, -0.1) is 0 Å². The molecule has 0 radical (unpaired) electrons. The number of nitrogens with one attached hydrogen (secondary N) is 1. The third kappa shape index (κ3) is 4.44. The molecule has 0 bridgehead atoms. The van der Waals surface area contributed by atoms with E-state index in [2.05, 4.69) is 39.1 Å². The Bertz CT molecular complexity index is 334. The number of anilines is 1. The minimum Gasteiger partial charge on any atom is -0.382 e. The molecule has 1 atom stereocenters. The Labute approximate surface area is 104 Å². The van der Waals surface area contributed by atoms with Gasteiger partial charge in [0.25, 0.3) is 0 Å². The Morgan fingerprint density at radius 3 is 2.44 bits per heavy atom. The van der Waals surface area contributed by atoms with Crippen LogP contribution in [0, 0.1) is 12.8 Å². The number of benzene rings is 1. The van der Waals surface area contributed by atoms with Gasteiger partial charge in [-0.3, -0.25) is 0 Å². The van der Waals surface area contributed by atoms with Gasteiger partial charge in [-0.05, 0) is 56.4 Å². The highest BCUT2D eigenvalue weighted by Crippen LogP contribution is 2.21. The summed E-state index contributed by atoms with van der Waals surface area (Å²) in [5.74, 6) is 0.774. The minimum absolute atomic E-state index is 0.516. The summed E-state index contributed by atoms with van der Waals surface area (Å²) in [6, 6.07) is 6.51. The van der Waals surface area contributed by atoms with Gasteiger partial charge in [-0.25, -0.2) is 0 Å². The molecule has 1 rings (SSSR count). The van der Waals surface area contributed by atoms with Gasteiger partial charge in [0, 0.05) is 16.8 Å². The molecule has 1 N–H and O–H groups in total. The SMILES string of the molecule is Cc1cc(Cl)ccc1NC(C)CCC(C)C. The van der Waals surface area contributed by atoms with Gasteiger partial charge in [-0.1, -0.05) is 25.4 Å². The predicted molar refractivity (Wildman–Crippen MR) is 73.3 cm³/mol. The molecule has 1 aromatic carbocycles. The molecule has 1 aromatic rings. The second kappa shape index (κ2) is 6.15. The maximum Gasteiger partial charge on any atom is 0.0410 e. The third-order valence-corrected chi connectivity index (χ3v) is 3.00. The smallest absolute Gasteiger partial charge is 0.0410 e. The van der Waals surface area contributed by atoms with Gasteiger partial charge < -0.3 is 5.32 Å². The summed E-state index contributed by atoms with van der Waals surface area (Å²) < 4.78 is 0. The van der Waals surface area contributed by atoms with Crippen molar-refractivity contribution in [3.8, 4) is 0 Å². The molecule has 0 aliphatic rings. The molecule has 1 nitrogen and oxygen atoms in total. The average Bonchev–Trinajstić information content (AvgIpc) is 2.19. The van der Waals surface area contributed by atoms with Crippen LogP contribution in [-0.4, -0.2) is 6.04 Å². The first-order chi connectivity index (χ1) is 7.49. The van der Waals surface area contributed by atoms with Crippen molar-refractivity contribution in [3.63, 3.8) is 0 Å². The summed E-state index contributed by atoms with van der Waals surface area (Å²) in [6.07, 6.45) is 2.47. The van der Waals surface area contributed by atoms with Gasteiger partial charge in [0.2, 0.25) is 0 Å².